The third-order valence-electron chi connectivity index (χ3n) is 13.0. The second kappa shape index (κ2) is 27.4. The standard InChI is InChI=1S/C45H80ClNO5/c1-4-6-7-8-9-10-11-12-13-14-15-16-17-18-19-20-21-25-35-47(3)45(34-36-48,43(51)52)33-24-22-23-28-38-39(41(49)37-40(38)46)29-26-30-42(50)44(5-2)31-27-32-44/h22-23,26,29,36,38-42,49-50H,4-21,24-25,27-28,30-35,37H2,1-3H3,(H,51,52)/b23-22-,29-26+/t38-,39-,40-,41-,42+,45?/m1/s1. The monoisotopic (exact) mass is 750 g/mol. The molecule has 0 aromatic rings. The largest absolute Gasteiger partial charge is 0.480 e. The lowest BCUT2D eigenvalue weighted by atomic mass is 9.63. The van der Waals surface area contributed by atoms with Crippen molar-refractivity contribution in [3.05, 3.63) is 24.3 Å². The second-order valence-corrected chi connectivity index (χ2v) is 17.3. The maximum Gasteiger partial charge on any atom is 0.324 e. The number of carboxylic acids is 1. The molecule has 0 radical (unpaired) electrons. The van der Waals surface area contributed by atoms with Crippen LogP contribution in [0.2, 0.25) is 0 Å². The average Bonchev–Trinajstić information content (AvgIpc) is 3.37. The molecule has 2 fully saturated rings. The minimum Gasteiger partial charge on any atom is -0.480 e. The summed E-state index contributed by atoms with van der Waals surface area (Å²) in [6, 6.07) is 0. The maximum absolute atomic E-state index is 12.6. The van der Waals surface area contributed by atoms with E-state index in [2.05, 4.69) is 26.0 Å². The summed E-state index contributed by atoms with van der Waals surface area (Å²) >= 11 is 6.69. The summed E-state index contributed by atoms with van der Waals surface area (Å²) in [7, 11) is 1.86. The van der Waals surface area contributed by atoms with Gasteiger partial charge >= 0.3 is 5.97 Å². The van der Waals surface area contributed by atoms with Crippen molar-refractivity contribution >= 4 is 23.9 Å². The number of halogens is 1. The number of aldehydes is 1. The zero-order valence-electron chi connectivity index (χ0n) is 33.8. The van der Waals surface area contributed by atoms with Gasteiger partial charge in [-0.1, -0.05) is 154 Å². The lowest BCUT2D eigenvalue weighted by Crippen LogP contribution is -2.53. The van der Waals surface area contributed by atoms with Crippen LogP contribution in [0.4, 0.5) is 0 Å². The normalized spacial score (nSPS) is 23.4. The van der Waals surface area contributed by atoms with E-state index in [1.54, 1.807) is 0 Å². The number of hydrogen-bond donors (Lipinski definition) is 3. The third kappa shape index (κ3) is 16.3. The Hall–Kier alpha value is -1.21. The van der Waals surface area contributed by atoms with E-state index in [0.717, 1.165) is 38.4 Å². The Bertz CT molecular complexity index is 993. The van der Waals surface area contributed by atoms with E-state index < -0.39 is 17.6 Å². The molecule has 6 nitrogen and oxygen atoms in total. The van der Waals surface area contributed by atoms with Crippen LogP contribution in [0.25, 0.3) is 0 Å². The Balaban J connectivity index is 1.66. The zero-order valence-corrected chi connectivity index (χ0v) is 34.5. The van der Waals surface area contributed by atoms with Gasteiger partial charge in [0.1, 0.15) is 11.8 Å². The SMILES string of the molecule is CCCCCCCCCCCCCCCCCCCCN(C)C(CC=O)(CC/C=C\C[C@@H]1[C@@H](/C=C/C[C@H](O)C2(CC)CCC2)[C@H](O)C[C@H]1Cl)C(=O)O. The number of carbonyl (C=O) groups is 2. The number of carbonyl (C=O) groups excluding carboxylic acids is 1. The van der Waals surface area contributed by atoms with Gasteiger partial charge in [0.15, 0.2) is 0 Å². The molecule has 302 valence electrons. The van der Waals surface area contributed by atoms with Crippen molar-refractivity contribution in [2.45, 2.75) is 217 Å². The summed E-state index contributed by atoms with van der Waals surface area (Å²) < 4.78 is 0. The van der Waals surface area contributed by atoms with Crippen LogP contribution < -0.4 is 0 Å². The van der Waals surface area contributed by atoms with Gasteiger partial charge in [-0.3, -0.25) is 9.69 Å². The van der Waals surface area contributed by atoms with Gasteiger partial charge in [-0.15, -0.1) is 11.6 Å². The van der Waals surface area contributed by atoms with E-state index in [0.29, 0.717) is 38.6 Å². The van der Waals surface area contributed by atoms with Gasteiger partial charge in [-0.05, 0) is 82.7 Å². The van der Waals surface area contributed by atoms with Crippen molar-refractivity contribution in [3.8, 4) is 0 Å². The smallest absolute Gasteiger partial charge is 0.324 e. The first-order valence-electron chi connectivity index (χ1n) is 21.9. The predicted molar refractivity (Wildman–Crippen MR) is 219 cm³/mol. The molecule has 0 heterocycles. The molecule has 0 amide bonds. The Labute approximate surface area is 324 Å². The highest BCUT2D eigenvalue weighted by atomic mass is 35.5. The summed E-state index contributed by atoms with van der Waals surface area (Å²) in [5.74, 6) is -0.916. The number of aliphatic hydroxyl groups excluding tert-OH is 2. The Kier molecular flexibility index (Phi) is 24.7. The molecule has 2 saturated carbocycles. The first kappa shape index (κ1) is 46.9. The lowest BCUT2D eigenvalue weighted by molar-refractivity contribution is -0.153. The first-order chi connectivity index (χ1) is 25.2. The summed E-state index contributed by atoms with van der Waals surface area (Å²) in [5.41, 5.74) is -1.15. The fourth-order valence-electron chi connectivity index (χ4n) is 8.93. The van der Waals surface area contributed by atoms with Gasteiger partial charge in [0.2, 0.25) is 0 Å². The van der Waals surface area contributed by atoms with Crippen LogP contribution in [0.1, 0.15) is 194 Å². The van der Waals surface area contributed by atoms with Gasteiger partial charge in [-0.2, -0.15) is 0 Å². The molecular formula is C45H80ClNO5. The van der Waals surface area contributed by atoms with E-state index in [1.165, 1.54) is 109 Å². The predicted octanol–water partition coefficient (Wildman–Crippen LogP) is 11.6. The fraction of sp³-hybridized carbons (Fsp3) is 0.867. The number of carboxylic acid groups (broad SMARTS) is 1. The van der Waals surface area contributed by atoms with Gasteiger partial charge < -0.3 is 20.1 Å². The highest BCUT2D eigenvalue weighted by molar-refractivity contribution is 6.21. The Morgan fingerprint density at radius 3 is 1.87 bits per heavy atom. The number of aliphatic carboxylic acids is 1. The number of alkyl halides is 1. The van der Waals surface area contributed by atoms with Crippen LogP contribution in [0, 0.1) is 17.3 Å². The molecule has 0 aromatic carbocycles. The highest BCUT2D eigenvalue weighted by Crippen LogP contribution is 2.48. The van der Waals surface area contributed by atoms with E-state index in [4.69, 9.17) is 11.6 Å². The molecule has 0 aliphatic heterocycles. The molecule has 0 bridgehead atoms. The van der Waals surface area contributed by atoms with Crippen molar-refractivity contribution in [2.75, 3.05) is 13.6 Å². The Morgan fingerprint density at radius 1 is 0.865 bits per heavy atom. The Morgan fingerprint density at radius 2 is 1.40 bits per heavy atom. The van der Waals surface area contributed by atoms with Crippen LogP contribution in [-0.4, -0.2) is 69.2 Å². The number of nitrogens with zero attached hydrogens (tertiary/aromatic N) is 1. The molecule has 6 atom stereocenters. The second-order valence-electron chi connectivity index (χ2n) is 16.7. The van der Waals surface area contributed by atoms with Crippen LogP contribution in [0.5, 0.6) is 0 Å². The average molecular weight is 751 g/mol. The van der Waals surface area contributed by atoms with Gasteiger partial charge in [-0.25, -0.2) is 0 Å². The van der Waals surface area contributed by atoms with Crippen molar-refractivity contribution < 1.29 is 24.9 Å². The van der Waals surface area contributed by atoms with Crippen LogP contribution in [0.15, 0.2) is 24.3 Å². The van der Waals surface area contributed by atoms with E-state index in [-0.39, 0.29) is 35.2 Å². The summed E-state index contributed by atoms with van der Waals surface area (Å²) in [4.78, 5) is 26.2. The summed E-state index contributed by atoms with van der Waals surface area (Å²) in [6.07, 6.45) is 39.0. The quantitative estimate of drug-likeness (QED) is 0.0267. The van der Waals surface area contributed by atoms with Crippen molar-refractivity contribution in [3.63, 3.8) is 0 Å². The van der Waals surface area contributed by atoms with Crippen molar-refractivity contribution in [1.82, 2.24) is 4.90 Å². The molecule has 1 unspecified atom stereocenters. The number of rotatable bonds is 33. The van der Waals surface area contributed by atoms with Crippen molar-refractivity contribution in [2.24, 2.45) is 17.3 Å². The van der Waals surface area contributed by atoms with Crippen LogP contribution >= 0.6 is 11.6 Å². The molecule has 0 saturated heterocycles. The first-order valence-corrected chi connectivity index (χ1v) is 22.3. The topological polar surface area (TPSA) is 98.1 Å². The minimum atomic E-state index is -1.21. The molecule has 0 spiro atoms. The molecule has 0 aromatic heterocycles. The molecule has 2 rings (SSSR count). The fourth-order valence-corrected chi connectivity index (χ4v) is 9.39. The van der Waals surface area contributed by atoms with Gasteiger partial charge in [0.05, 0.1) is 12.2 Å². The van der Waals surface area contributed by atoms with E-state index in [9.17, 15) is 24.9 Å². The molecular weight excluding hydrogens is 670 g/mol. The number of allylic oxidation sites excluding steroid dienone is 2. The maximum atomic E-state index is 12.6. The van der Waals surface area contributed by atoms with E-state index >= 15 is 0 Å². The minimum absolute atomic E-state index is 0.0255. The highest BCUT2D eigenvalue weighted by Gasteiger charge is 2.43. The molecule has 2 aliphatic rings. The van der Waals surface area contributed by atoms with Crippen LogP contribution in [0.3, 0.4) is 0 Å². The van der Waals surface area contributed by atoms with Gasteiger partial charge in [0, 0.05) is 17.7 Å². The zero-order chi connectivity index (χ0) is 38.1. The number of likely N-dealkylation sites (N-methyl/N-ethyl adjacent to an activating group) is 1. The number of aliphatic hydroxyl groups is 2. The molecule has 2 aliphatic carbocycles. The van der Waals surface area contributed by atoms with Crippen molar-refractivity contribution in [1.29, 1.82) is 0 Å². The number of hydrogen-bond acceptors (Lipinski definition) is 5. The summed E-state index contributed by atoms with van der Waals surface area (Å²) in [6.45, 7) is 5.10. The lowest BCUT2D eigenvalue weighted by Gasteiger charge is -2.45. The molecule has 7 heteroatoms. The summed E-state index contributed by atoms with van der Waals surface area (Å²) in [5, 5.41) is 31.7. The molecule has 52 heavy (non-hydrogen) atoms. The molecule has 3 N–H and O–H groups in total. The number of unbranched alkanes of at least 4 members (excludes halogenated alkanes) is 17. The van der Waals surface area contributed by atoms with Gasteiger partial charge in [0.25, 0.3) is 0 Å². The third-order valence-corrected chi connectivity index (χ3v) is 13.5. The van der Waals surface area contributed by atoms with Crippen LogP contribution in [-0.2, 0) is 9.59 Å². The van der Waals surface area contributed by atoms with E-state index in [1.807, 2.05) is 24.1 Å².